The average Bonchev–Trinajstić information content (AvgIpc) is 3.08. The zero-order valence-electron chi connectivity index (χ0n) is 13.0. The molecule has 1 aromatic heterocycles. The first-order valence-corrected chi connectivity index (χ1v) is 8.86. The second kappa shape index (κ2) is 6.69. The standard InChI is InChI=1S/C15H20N4O3S/c1-17-15(7-8-16-17)19-10-9-18(23(19,20)21)11-12-22-13-14-5-3-2-4-6-14/h2-8H,9-13H2,1H3. The van der Waals surface area contributed by atoms with Gasteiger partial charge in [0.05, 0.1) is 26.0 Å². The van der Waals surface area contributed by atoms with Gasteiger partial charge >= 0.3 is 10.2 Å². The van der Waals surface area contributed by atoms with Gasteiger partial charge in [-0.1, -0.05) is 30.3 Å². The molecule has 3 rings (SSSR count). The van der Waals surface area contributed by atoms with Gasteiger partial charge in [-0.3, -0.25) is 4.68 Å². The molecule has 0 unspecified atom stereocenters. The van der Waals surface area contributed by atoms with Crippen LogP contribution >= 0.6 is 0 Å². The quantitative estimate of drug-likeness (QED) is 0.738. The Hall–Kier alpha value is -1.90. The molecule has 2 aromatic rings. The summed E-state index contributed by atoms with van der Waals surface area (Å²) in [6, 6.07) is 11.5. The maximum absolute atomic E-state index is 12.6. The lowest BCUT2D eigenvalue weighted by molar-refractivity contribution is 0.112. The Labute approximate surface area is 136 Å². The van der Waals surface area contributed by atoms with Crippen molar-refractivity contribution in [2.75, 3.05) is 30.5 Å². The maximum atomic E-state index is 12.6. The Morgan fingerprint density at radius 1 is 1.17 bits per heavy atom. The molecule has 1 fully saturated rings. The molecule has 0 aliphatic carbocycles. The van der Waals surface area contributed by atoms with Gasteiger partial charge in [-0.05, 0) is 5.56 Å². The van der Waals surface area contributed by atoms with Gasteiger partial charge in [0.15, 0.2) is 0 Å². The monoisotopic (exact) mass is 336 g/mol. The summed E-state index contributed by atoms with van der Waals surface area (Å²) in [6.45, 7) is 2.10. The minimum absolute atomic E-state index is 0.351. The van der Waals surface area contributed by atoms with E-state index in [1.807, 2.05) is 30.3 Å². The Bertz CT molecular complexity index is 745. The normalized spacial score (nSPS) is 17.7. The third-order valence-corrected chi connectivity index (χ3v) is 5.75. The largest absolute Gasteiger partial charge is 0.375 e. The van der Waals surface area contributed by atoms with Crippen LogP contribution in [-0.4, -0.2) is 48.7 Å². The van der Waals surface area contributed by atoms with Crippen molar-refractivity contribution in [3.63, 3.8) is 0 Å². The second-order valence-corrected chi connectivity index (χ2v) is 7.18. The van der Waals surface area contributed by atoms with E-state index < -0.39 is 10.2 Å². The SMILES string of the molecule is Cn1nccc1N1CCN(CCOCc2ccccc2)S1(=O)=O. The Balaban J connectivity index is 1.54. The molecule has 124 valence electrons. The Kier molecular flexibility index (Phi) is 4.65. The summed E-state index contributed by atoms with van der Waals surface area (Å²) < 4.78 is 35.1. The lowest BCUT2D eigenvalue weighted by atomic mass is 10.2. The van der Waals surface area contributed by atoms with E-state index in [0.29, 0.717) is 38.7 Å². The molecule has 1 aromatic carbocycles. The van der Waals surface area contributed by atoms with Gasteiger partial charge in [0.1, 0.15) is 5.82 Å². The lowest BCUT2D eigenvalue weighted by Crippen LogP contribution is -2.35. The first-order chi connectivity index (χ1) is 11.1. The predicted octanol–water partition coefficient (Wildman–Crippen LogP) is 1.00. The highest BCUT2D eigenvalue weighted by Crippen LogP contribution is 2.23. The molecular formula is C15H20N4O3S. The summed E-state index contributed by atoms with van der Waals surface area (Å²) in [7, 11) is -1.76. The molecule has 0 N–H and O–H groups in total. The van der Waals surface area contributed by atoms with Crippen molar-refractivity contribution in [3.8, 4) is 0 Å². The number of hydrogen-bond acceptors (Lipinski definition) is 4. The van der Waals surface area contributed by atoms with Crippen molar-refractivity contribution in [1.82, 2.24) is 14.1 Å². The number of benzene rings is 1. The predicted molar refractivity (Wildman–Crippen MR) is 87.1 cm³/mol. The third-order valence-electron chi connectivity index (χ3n) is 3.80. The smallest absolute Gasteiger partial charge is 0.305 e. The molecule has 8 heteroatoms. The topological polar surface area (TPSA) is 67.7 Å². The molecule has 0 amide bonds. The molecule has 0 bridgehead atoms. The number of nitrogens with zero attached hydrogens (tertiary/aromatic N) is 4. The Morgan fingerprint density at radius 3 is 2.65 bits per heavy atom. The zero-order chi connectivity index (χ0) is 16.3. The summed E-state index contributed by atoms with van der Waals surface area (Å²) >= 11 is 0. The van der Waals surface area contributed by atoms with Crippen LogP contribution in [0.15, 0.2) is 42.6 Å². The molecule has 0 radical (unpaired) electrons. The number of anilines is 1. The van der Waals surface area contributed by atoms with Gasteiger partial charge in [0.25, 0.3) is 0 Å². The molecule has 0 atom stereocenters. The molecule has 1 saturated heterocycles. The van der Waals surface area contributed by atoms with Gasteiger partial charge in [-0.25, -0.2) is 4.31 Å². The molecule has 0 spiro atoms. The minimum atomic E-state index is -3.49. The number of ether oxygens (including phenoxy) is 1. The molecule has 7 nitrogen and oxygen atoms in total. The van der Waals surface area contributed by atoms with Crippen LogP contribution in [0.25, 0.3) is 0 Å². The van der Waals surface area contributed by atoms with Crippen LogP contribution in [0.1, 0.15) is 5.56 Å². The van der Waals surface area contributed by atoms with E-state index in [9.17, 15) is 8.42 Å². The van der Waals surface area contributed by atoms with Crippen molar-refractivity contribution >= 4 is 16.0 Å². The van der Waals surface area contributed by atoms with E-state index in [4.69, 9.17) is 4.74 Å². The van der Waals surface area contributed by atoms with E-state index in [2.05, 4.69) is 5.10 Å². The molecular weight excluding hydrogens is 316 g/mol. The van der Waals surface area contributed by atoms with Gasteiger partial charge in [-0.15, -0.1) is 0 Å². The number of hydrogen-bond donors (Lipinski definition) is 0. The van der Waals surface area contributed by atoms with Crippen LogP contribution < -0.4 is 4.31 Å². The fourth-order valence-electron chi connectivity index (χ4n) is 2.57. The summed E-state index contributed by atoms with van der Waals surface area (Å²) in [6.07, 6.45) is 1.59. The minimum Gasteiger partial charge on any atom is -0.375 e. The van der Waals surface area contributed by atoms with E-state index in [-0.39, 0.29) is 0 Å². The van der Waals surface area contributed by atoms with Crippen LogP contribution in [0.2, 0.25) is 0 Å². The zero-order valence-corrected chi connectivity index (χ0v) is 13.8. The van der Waals surface area contributed by atoms with Gasteiger partial charge in [-0.2, -0.15) is 17.8 Å². The van der Waals surface area contributed by atoms with Crippen molar-refractivity contribution in [3.05, 3.63) is 48.2 Å². The van der Waals surface area contributed by atoms with Crippen molar-refractivity contribution < 1.29 is 13.2 Å². The summed E-state index contributed by atoms with van der Waals surface area (Å²) in [4.78, 5) is 0. The number of aryl methyl sites for hydroxylation is 1. The lowest BCUT2D eigenvalue weighted by Gasteiger charge is -2.19. The third kappa shape index (κ3) is 3.39. The molecule has 1 aliphatic rings. The average molecular weight is 336 g/mol. The molecule has 1 aliphatic heterocycles. The fraction of sp³-hybridized carbons (Fsp3) is 0.400. The summed E-state index contributed by atoms with van der Waals surface area (Å²) in [5.41, 5.74) is 1.08. The van der Waals surface area contributed by atoms with Gasteiger partial charge in [0.2, 0.25) is 0 Å². The van der Waals surface area contributed by atoms with E-state index in [0.717, 1.165) is 5.56 Å². The van der Waals surface area contributed by atoms with E-state index in [1.54, 1.807) is 24.0 Å². The first kappa shape index (κ1) is 16.0. The maximum Gasteiger partial charge on any atom is 0.305 e. The number of rotatable bonds is 6. The van der Waals surface area contributed by atoms with Crippen molar-refractivity contribution in [2.24, 2.45) is 7.05 Å². The molecule has 2 heterocycles. The Morgan fingerprint density at radius 2 is 1.96 bits per heavy atom. The van der Waals surface area contributed by atoms with Crippen LogP contribution in [-0.2, 0) is 28.6 Å². The fourth-order valence-corrected chi connectivity index (χ4v) is 4.20. The highest BCUT2D eigenvalue weighted by atomic mass is 32.2. The van der Waals surface area contributed by atoms with Crippen LogP contribution in [0.5, 0.6) is 0 Å². The summed E-state index contributed by atoms with van der Waals surface area (Å²) in [5, 5.41) is 4.03. The van der Waals surface area contributed by atoms with Crippen LogP contribution in [0, 0.1) is 0 Å². The van der Waals surface area contributed by atoms with Crippen molar-refractivity contribution in [2.45, 2.75) is 6.61 Å². The first-order valence-electron chi connectivity index (χ1n) is 7.46. The second-order valence-electron chi connectivity index (χ2n) is 5.33. The van der Waals surface area contributed by atoms with Crippen LogP contribution in [0.3, 0.4) is 0 Å². The van der Waals surface area contributed by atoms with E-state index in [1.165, 1.54) is 8.61 Å². The van der Waals surface area contributed by atoms with Crippen molar-refractivity contribution in [1.29, 1.82) is 0 Å². The highest BCUT2D eigenvalue weighted by Gasteiger charge is 2.37. The van der Waals surface area contributed by atoms with E-state index >= 15 is 0 Å². The van der Waals surface area contributed by atoms with Gasteiger partial charge in [0, 0.05) is 26.2 Å². The molecule has 0 saturated carbocycles. The highest BCUT2D eigenvalue weighted by molar-refractivity contribution is 7.90. The van der Waals surface area contributed by atoms with Gasteiger partial charge < -0.3 is 4.74 Å². The molecule has 23 heavy (non-hydrogen) atoms. The van der Waals surface area contributed by atoms with Crippen LogP contribution in [0.4, 0.5) is 5.82 Å². The summed E-state index contributed by atoms with van der Waals surface area (Å²) in [5.74, 6) is 0.581. The number of aromatic nitrogens is 2.